The summed E-state index contributed by atoms with van der Waals surface area (Å²) in [6.07, 6.45) is 7.08. The molecular formula is C21H26N4O3S. The molecule has 0 bridgehead atoms. The molecule has 1 aromatic heterocycles. The van der Waals surface area contributed by atoms with E-state index in [0.29, 0.717) is 24.3 Å². The molecule has 2 saturated heterocycles. The summed E-state index contributed by atoms with van der Waals surface area (Å²) < 4.78 is 26.7. The van der Waals surface area contributed by atoms with Gasteiger partial charge >= 0.3 is 0 Å². The van der Waals surface area contributed by atoms with E-state index in [4.69, 9.17) is 0 Å². The van der Waals surface area contributed by atoms with E-state index in [2.05, 4.69) is 15.2 Å². The van der Waals surface area contributed by atoms with E-state index >= 15 is 0 Å². The highest BCUT2D eigenvalue weighted by Crippen LogP contribution is 2.22. The standard InChI is InChI=1S/C21H26N4O3S/c26-21(23-18-8-11-20(22-16-18)24-12-2-1-3-13-24)17-6-9-19(10-7-17)29(27,28)25-14-4-5-15-25/h6-11,16H,1-5,12-15H2,(H,23,26). The van der Waals surface area contributed by atoms with Gasteiger partial charge in [0.05, 0.1) is 16.8 Å². The molecule has 2 aliphatic heterocycles. The van der Waals surface area contributed by atoms with Crippen molar-refractivity contribution in [2.45, 2.75) is 37.0 Å². The summed E-state index contributed by atoms with van der Waals surface area (Å²) in [5.74, 6) is 0.641. The molecule has 0 spiro atoms. The van der Waals surface area contributed by atoms with Crippen molar-refractivity contribution in [3.63, 3.8) is 0 Å². The number of sulfonamides is 1. The number of nitrogens with one attached hydrogen (secondary N) is 1. The van der Waals surface area contributed by atoms with Crippen LogP contribution < -0.4 is 10.2 Å². The van der Waals surface area contributed by atoms with Crippen molar-refractivity contribution in [1.82, 2.24) is 9.29 Å². The molecule has 0 saturated carbocycles. The lowest BCUT2D eigenvalue weighted by atomic mass is 10.1. The second-order valence-corrected chi connectivity index (χ2v) is 9.48. The van der Waals surface area contributed by atoms with Gasteiger partial charge in [-0.05, 0) is 68.5 Å². The number of benzene rings is 1. The van der Waals surface area contributed by atoms with Gasteiger partial charge in [0.15, 0.2) is 0 Å². The van der Waals surface area contributed by atoms with Crippen LogP contribution >= 0.6 is 0 Å². The third-order valence-electron chi connectivity index (χ3n) is 5.51. The minimum absolute atomic E-state index is 0.225. The Labute approximate surface area is 171 Å². The van der Waals surface area contributed by atoms with Gasteiger partial charge in [-0.1, -0.05) is 0 Å². The lowest BCUT2D eigenvalue weighted by Gasteiger charge is -2.27. The third-order valence-corrected chi connectivity index (χ3v) is 7.42. The van der Waals surface area contributed by atoms with Crippen LogP contribution in [0.1, 0.15) is 42.5 Å². The topological polar surface area (TPSA) is 82.6 Å². The quantitative estimate of drug-likeness (QED) is 0.813. The minimum Gasteiger partial charge on any atom is -0.357 e. The zero-order valence-corrected chi connectivity index (χ0v) is 17.2. The van der Waals surface area contributed by atoms with Crippen LogP contribution in [0, 0.1) is 0 Å². The Morgan fingerprint density at radius 1 is 0.862 bits per heavy atom. The molecule has 0 unspecified atom stereocenters. The zero-order chi connectivity index (χ0) is 20.3. The van der Waals surface area contributed by atoms with E-state index in [0.717, 1.165) is 31.7 Å². The number of carbonyl (C=O) groups is 1. The Morgan fingerprint density at radius 3 is 2.14 bits per heavy atom. The fourth-order valence-electron chi connectivity index (χ4n) is 3.83. The van der Waals surface area contributed by atoms with E-state index in [1.54, 1.807) is 18.3 Å². The highest BCUT2D eigenvalue weighted by Gasteiger charge is 2.27. The molecule has 0 atom stereocenters. The number of aromatic nitrogens is 1. The second-order valence-electron chi connectivity index (χ2n) is 7.54. The zero-order valence-electron chi connectivity index (χ0n) is 16.4. The number of amides is 1. The molecule has 1 amide bonds. The molecule has 0 aliphatic carbocycles. The fourth-order valence-corrected chi connectivity index (χ4v) is 5.35. The molecule has 4 rings (SSSR count). The van der Waals surface area contributed by atoms with Gasteiger partial charge in [0.2, 0.25) is 10.0 Å². The van der Waals surface area contributed by atoms with Crippen LogP contribution in [0.15, 0.2) is 47.5 Å². The van der Waals surface area contributed by atoms with Crippen molar-refractivity contribution in [3.05, 3.63) is 48.2 Å². The monoisotopic (exact) mass is 414 g/mol. The maximum atomic E-state index is 12.6. The minimum atomic E-state index is -3.47. The van der Waals surface area contributed by atoms with Gasteiger partial charge in [0.1, 0.15) is 5.82 Å². The first kappa shape index (κ1) is 19.8. The van der Waals surface area contributed by atoms with Gasteiger partial charge in [-0.15, -0.1) is 0 Å². The Kier molecular flexibility index (Phi) is 5.82. The number of hydrogen-bond donors (Lipinski definition) is 1. The average Bonchev–Trinajstić information content (AvgIpc) is 3.31. The van der Waals surface area contributed by atoms with E-state index in [1.165, 1.54) is 35.7 Å². The van der Waals surface area contributed by atoms with Crippen LogP contribution in [-0.2, 0) is 10.0 Å². The lowest BCUT2D eigenvalue weighted by Crippen LogP contribution is -2.30. The van der Waals surface area contributed by atoms with Crippen LogP contribution in [0.2, 0.25) is 0 Å². The number of piperidine rings is 1. The van der Waals surface area contributed by atoms with Gasteiger partial charge in [-0.2, -0.15) is 4.31 Å². The van der Waals surface area contributed by atoms with Crippen molar-refractivity contribution >= 4 is 27.4 Å². The van der Waals surface area contributed by atoms with Gasteiger partial charge in [0, 0.05) is 31.7 Å². The van der Waals surface area contributed by atoms with Crippen LogP contribution in [0.25, 0.3) is 0 Å². The second kappa shape index (κ2) is 8.51. The smallest absolute Gasteiger partial charge is 0.255 e. The van der Waals surface area contributed by atoms with Crippen molar-refractivity contribution in [2.24, 2.45) is 0 Å². The first-order chi connectivity index (χ1) is 14.0. The number of carbonyl (C=O) groups excluding carboxylic acids is 1. The Morgan fingerprint density at radius 2 is 1.52 bits per heavy atom. The van der Waals surface area contributed by atoms with Crippen LogP contribution in [0.5, 0.6) is 0 Å². The maximum Gasteiger partial charge on any atom is 0.255 e. The maximum absolute atomic E-state index is 12.6. The van der Waals surface area contributed by atoms with Gasteiger partial charge < -0.3 is 10.2 Å². The molecule has 1 aromatic carbocycles. The van der Waals surface area contributed by atoms with Gasteiger partial charge in [0.25, 0.3) is 5.91 Å². The summed E-state index contributed by atoms with van der Waals surface area (Å²) in [6, 6.07) is 9.87. The van der Waals surface area contributed by atoms with Crippen molar-refractivity contribution in [3.8, 4) is 0 Å². The number of hydrogen-bond acceptors (Lipinski definition) is 5. The number of pyridine rings is 1. The normalized spacial score (nSPS) is 18.0. The molecule has 154 valence electrons. The Bertz CT molecular complexity index is 946. The molecule has 29 heavy (non-hydrogen) atoms. The van der Waals surface area contributed by atoms with Crippen LogP contribution in [0.3, 0.4) is 0 Å². The number of rotatable bonds is 5. The summed E-state index contributed by atoms with van der Waals surface area (Å²) >= 11 is 0. The SMILES string of the molecule is O=C(Nc1ccc(N2CCCCC2)nc1)c1ccc(S(=O)(=O)N2CCCC2)cc1. The number of nitrogens with zero attached hydrogens (tertiary/aromatic N) is 3. The summed E-state index contributed by atoms with van der Waals surface area (Å²) in [7, 11) is -3.47. The first-order valence-electron chi connectivity index (χ1n) is 10.2. The Balaban J connectivity index is 1.40. The predicted octanol–water partition coefficient (Wildman–Crippen LogP) is 3.11. The first-order valence-corrected chi connectivity index (χ1v) is 11.6. The van der Waals surface area contributed by atoms with Crippen molar-refractivity contribution in [2.75, 3.05) is 36.4 Å². The summed E-state index contributed by atoms with van der Waals surface area (Å²) in [4.78, 5) is 19.5. The predicted molar refractivity (Wildman–Crippen MR) is 113 cm³/mol. The van der Waals surface area contributed by atoms with E-state index in [-0.39, 0.29) is 10.8 Å². The molecule has 8 heteroatoms. The molecule has 3 heterocycles. The highest BCUT2D eigenvalue weighted by molar-refractivity contribution is 7.89. The van der Waals surface area contributed by atoms with E-state index in [1.807, 2.05) is 12.1 Å². The summed E-state index contributed by atoms with van der Waals surface area (Å²) in [5.41, 5.74) is 1.02. The van der Waals surface area contributed by atoms with E-state index in [9.17, 15) is 13.2 Å². The van der Waals surface area contributed by atoms with Gasteiger partial charge in [-0.3, -0.25) is 4.79 Å². The third kappa shape index (κ3) is 4.43. The van der Waals surface area contributed by atoms with Gasteiger partial charge in [-0.25, -0.2) is 13.4 Å². The summed E-state index contributed by atoms with van der Waals surface area (Å²) in [6.45, 7) is 3.16. The van der Waals surface area contributed by atoms with Crippen molar-refractivity contribution < 1.29 is 13.2 Å². The Hall–Kier alpha value is -2.45. The molecule has 7 nitrogen and oxygen atoms in total. The lowest BCUT2D eigenvalue weighted by molar-refractivity contribution is 0.102. The highest BCUT2D eigenvalue weighted by atomic mass is 32.2. The van der Waals surface area contributed by atoms with Crippen LogP contribution in [0.4, 0.5) is 11.5 Å². The molecular weight excluding hydrogens is 388 g/mol. The van der Waals surface area contributed by atoms with Crippen molar-refractivity contribution in [1.29, 1.82) is 0 Å². The largest absolute Gasteiger partial charge is 0.357 e. The number of anilines is 2. The molecule has 0 radical (unpaired) electrons. The summed E-state index contributed by atoms with van der Waals surface area (Å²) in [5, 5.41) is 2.82. The van der Waals surface area contributed by atoms with Crippen LogP contribution in [-0.4, -0.2) is 49.8 Å². The average molecular weight is 415 g/mol. The molecule has 1 N–H and O–H groups in total. The molecule has 2 fully saturated rings. The van der Waals surface area contributed by atoms with E-state index < -0.39 is 10.0 Å². The fraction of sp³-hybridized carbons (Fsp3) is 0.429. The molecule has 2 aliphatic rings. The molecule has 2 aromatic rings.